The molecule has 0 aromatic carbocycles. The van der Waals surface area contributed by atoms with E-state index in [1.54, 1.807) is 7.05 Å². The molecule has 2 heterocycles. The molecular formula is C19H31F3N6. The molecule has 1 aromatic heterocycles. The number of anilines is 1. The van der Waals surface area contributed by atoms with Crippen LogP contribution >= 0.6 is 0 Å². The maximum Gasteiger partial charge on any atom is 0.417 e. The van der Waals surface area contributed by atoms with E-state index in [2.05, 4.69) is 37.8 Å². The molecule has 1 saturated heterocycles. The minimum absolute atomic E-state index is 0.439. The Balaban J connectivity index is 1.61. The normalized spacial score (nSPS) is 16.8. The Morgan fingerprint density at radius 3 is 2.57 bits per heavy atom. The highest BCUT2D eigenvalue weighted by atomic mass is 19.4. The van der Waals surface area contributed by atoms with Crippen molar-refractivity contribution in [3.8, 4) is 0 Å². The van der Waals surface area contributed by atoms with Gasteiger partial charge in [0, 0.05) is 45.5 Å². The molecule has 1 aromatic rings. The van der Waals surface area contributed by atoms with E-state index in [4.69, 9.17) is 0 Å². The molecule has 0 saturated carbocycles. The molecule has 0 bridgehead atoms. The van der Waals surface area contributed by atoms with Crippen LogP contribution in [-0.2, 0) is 6.18 Å². The van der Waals surface area contributed by atoms with Crippen LogP contribution in [0, 0.1) is 0 Å². The number of nitrogens with zero attached hydrogens (tertiary/aromatic N) is 3. The fourth-order valence-electron chi connectivity index (χ4n) is 3.18. The minimum Gasteiger partial charge on any atom is -0.370 e. The van der Waals surface area contributed by atoms with Gasteiger partial charge in [-0.15, -0.1) is 0 Å². The van der Waals surface area contributed by atoms with Crippen molar-refractivity contribution in [2.45, 2.75) is 44.8 Å². The van der Waals surface area contributed by atoms with Gasteiger partial charge < -0.3 is 20.9 Å². The zero-order valence-corrected chi connectivity index (χ0v) is 16.6. The first-order valence-corrected chi connectivity index (χ1v) is 9.89. The van der Waals surface area contributed by atoms with Crippen molar-refractivity contribution in [1.29, 1.82) is 0 Å². The molecule has 2 rings (SSSR count). The fraction of sp³-hybridized carbons (Fsp3) is 0.684. The summed E-state index contributed by atoms with van der Waals surface area (Å²) in [6.45, 7) is 6.93. The summed E-state index contributed by atoms with van der Waals surface area (Å²) in [5.74, 6) is 1.23. The van der Waals surface area contributed by atoms with E-state index >= 15 is 0 Å². The summed E-state index contributed by atoms with van der Waals surface area (Å²) in [4.78, 5) is 10.6. The zero-order chi connectivity index (χ0) is 20.4. The van der Waals surface area contributed by atoms with Gasteiger partial charge in [-0.25, -0.2) is 4.98 Å². The minimum atomic E-state index is -4.36. The summed E-state index contributed by atoms with van der Waals surface area (Å²) in [5.41, 5.74) is -0.741. The predicted molar refractivity (Wildman–Crippen MR) is 107 cm³/mol. The maximum absolute atomic E-state index is 12.5. The maximum atomic E-state index is 12.5. The molecule has 1 fully saturated rings. The van der Waals surface area contributed by atoms with Crippen LogP contribution in [0.5, 0.6) is 0 Å². The molecule has 158 valence electrons. The molecule has 0 spiro atoms. The predicted octanol–water partition coefficient (Wildman–Crippen LogP) is 2.94. The van der Waals surface area contributed by atoms with Crippen molar-refractivity contribution >= 4 is 11.8 Å². The third-order valence-corrected chi connectivity index (χ3v) is 4.73. The number of pyridine rings is 1. The van der Waals surface area contributed by atoms with Gasteiger partial charge in [0.15, 0.2) is 5.96 Å². The summed E-state index contributed by atoms with van der Waals surface area (Å²) in [5, 5.41) is 9.78. The molecule has 0 aliphatic carbocycles. The summed E-state index contributed by atoms with van der Waals surface area (Å²) in [6, 6.07) is 2.82. The van der Waals surface area contributed by atoms with Gasteiger partial charge >= 0.3 is 6.18 Å². The number of aliphatic imine (C=N–C) groups is 1. The van der Waals surface area contributed by atoms with Gasteiger partial charge in [0.2, 0.25) is 0 Å². The zero-order valence-electron chi connectivity index (χ0n) is 16.6. The molecular weight excluding hydrogens is 369 g/mol. The Morgan fingerprint density at radius 2 is 2.00 bits per heavy atom. The number of halogens is 3. The number of alkyl halides is 3. The van der Waals surface area contributed by atoms with Crippen molar-refractivity contribution in [3.63, 3.8) is 0 Å². The molecule has 3 N–H and O–H groups in total. The van der Waals surface area contributed by atoms with Gasteiger partial charge in [0.05, 0.1) is 5.56 Å². The fourth-order valence-corrected chi connectivity index (χ4v) is 3.18. The third kappa shape index (κ3) is 7.53. The topological polar surface area (TPSA) is 64.6 Å². The van der Waals surface area contributed by atoms with Gasteiger partial charge in [-0.05, 0) is 44.4 Å². The van der Waals surface area contributed by atoms with Gasteiger partial charge in [-0.1, -0.05) is 6.92 Å². The highest BCUT2D eigenvalue weighted by Gasteiger charge is 2.30. The first kappa shape index (κ1) is 22.3. The number of rotatable bonds is 8. The van der Waals surface area contributed by atoms with Gasteiger partial charge in [0.1, 0.15) is 5.82 Å². The van der Waals surface area contributed by atoms with Crippen LogP contribution in [0.2, 0.25) is 0 Å². The van der Waals surface area contributed by atoms with Crippen LogP contribution in [0.3, 0.4) is 0 Å². The molecule has 1 aliphatic heterocycles. The second kappa shape index (κ2) is 11.1. The number of hydrogen-bond donors (Lipinski definition) is 3. The molecule has 6 nitrogen and oxygen atoms in total. The lowest BCUT2D eigenvalue weighted by atomic mass is 10.1. The van der Waals surface area contributed by atoms with Crippen molar-refractivity contribution < 1.29 is 13.2 Å². The number of piperidine rings is 1. The Kier molecular flexibility index (Phi) is 8.82. The summed E-state index contributed by atoms with van der Waals surface area (Å²) in [7, 11) is 1.76. The second-order valence-corrected chi connectivity index (χ2v) is 6.97. The molecule has 0 radical (unpaired) electrons. The average Bonchev–Trinajstić information content (AvgIpc) is 2.68. The van der Waals surface area contributed by atoms with Gasteiger partial charge in [-0.2, -0.15) is 13.2 Å². The number of nitrogens with one attached hydrogen (secondary N) is 3. The quantitative estimate of drug-likeness (QED) is 0.356. The van der Waals surface area contributed by atoms with Gasteiger partial charge in [-0.3, -0.25) is 4.99 Å². The standard InChI is InChI=1S/C19H31F3N6/c1-3-11-28-12-7-16(8-13-28)27-18(23-2)25-10-4-9-24-17-6-5-15(14-26-17)19(20,21)22/h5-6,14,16H,3-4,7-13H2,1-2H3,(H,24,26)(H2,23,25,27). The summed E-state index contributed by atoms with van der Waals surface area (Å²) < 4.78 is 37.5. The summed E-state index contributed by atoms with van der Waals surface area (Å²) >= 11 is 0. The number of hydrogen-bond acceptors (Lipinski definition) is 4. The Morgan fingerprint density at radius 1 is 1.25 bits per heavy atom. The van der Waals surface area contributed by atoms with Crippen LogP contribution in [0.15, 0.2) is 23.3 Å². The van der Waals surface area contributed by atoms with Crippen molar-refractivity contribution in [2.24, 2.45) is 4.99 Å². The molecule has 0 unspecified atom stereocenters. The Hall–Kier alpha value is -2.03. The Labute approximate surface area is 165 Å². The lowest BCUT2D eigenvalue weighted by Gasteiger charge is -2.32. The van der Waals surface area contributed by atoms with Crippen LogP contribution in [-0.4, -0.2) is 61.7 Å². The lowest BCUT2D eigenvalue weighted by molar-refractivity contribution is -0.137. The average molecular weight is 400 g/mol. The number of likely N-dealkylation sites (tertiary alicyclic amines) is 1. The van der Waals surface area contributed by atoms with Crippen LogP contribution in [0.4, 0.5) is 19.0 Å². The first-order valence-electron chi connectivity index (χ1n) is 9.89. The molecule has 0 atom stereocenters. The van der Waals surface area contributed by atoms with Crippen molar-refractivity contribution in [3.05, 3.63) is 23.9 Å². The van der Waals surface area contributed by atoms with Crippen molar-refractivity contribution in [1.82, 2.24) is 20.5 Å². The van der Waals surface area contributed by atoms with E-state index in [0.29, 0.717) is 24.9 Å². The monoisotopic (exact) mass is 400 g/mol. The smallest absolute Gasteiger partial charge is 0.370 e. The summed E-state index contributed by atoms with van der Waals surface area (Å²) in [6.07, 6.45) is 0.697. The van der Waals surface area contributed by atoms with E-state index in [1.165, 1.54) is 19.0 Å². The highest BCUT2D eigenvalue weighted by Crippen LogP contribution is 2.28. The largest absolute Gasteiger partial charge is 0.417 e. The van der Waals surface area contributed by atoms with Crippen LogP contribution < -0.4 is 16.0 Å². The van der Waals surface area contributed by atoms with Crippen LogP contribution in [0.25, 0.3) is 0 Å². The second-order valence-electron chi connectivity index (χ2n) is 6.97. The first-order chi connectivity index (χ1) is 13.4. The Bertz CT molecular complexity index is 595. The lowest BCUT2D eigenvalue weighted by Crippen LogP contribution is -2.49. The number of aromatic nitrogens is 1. The number of guanidine groups is 1. The molecule has 28 heavy (non-hydrogen) atoms. The molecule has 0 amide bonds. The van der Waals surface area contributed by atoms with E-state index in [9.17, 15) is 13.2 Å². The van der Waals surface area contributed by atoms with E-state index in [-0.39, 0.29) is 0 Å². The molecule has 9 heteroatoms. The van der Waals surface area contributed by atoms with Crippen LogP contribution in [0.1, 0.15) is 38.2 Å². The van der Waals surface area contributed by atoms with Crippen molar-refractivity contribution in [2.75, 3.05) is 45.1 Å². The van der Waals surface area contributed by atoms with E-state index in [1.807, 2.05) is 0 Å². The van der Waals surface area contributed by atoms with E-state index in [0.717, 1.165) is 50.6 Å². The molecule has 1 aliphatic rings. The highest BCUT2D eigenvalue weighted by molar-refractivity contribution is 5.79. The van der Waals surface area contributed by atoms with E-state index < -0.39 is 11.7 Å². The third-order valence-electron chi connectivity index (χ3n) is 4.73. The SMILES string of the molecule is CCCN1CCC(NC(=NC)NCCCNc2ccc(C(F)(F)F)cn2)CC1. The van der Waals surface area contributed by atoms with Gasteiger partial charge in [0.25, 0.3) is 0 Å².